The van der Waals surface area contributed by atoms with Gasteiger partial charge in [0, 0.05) is 0 Å². The molecule has 2 rings (SSSR count). The first-order valence-corrected chi connectivity index (χ1v) is 8.46. The van der Waals surface area contributed by atoms with Crippen molar-refractivity contribution in [3.8, 4) is 11.5 Å². The number of rotatable bonds is 6. The van der Waals surface area contributed by atoms with Crippen LogP contribution in [0.25, 0.3) is 6.08 Å². The van der Waals surface area contributed by atoms with E-state index in [2.05, 4.69) is 0 Å². The van der Waals surface area contributed by atoms with Crippen molar-refractivity contribution in [2.75, 3.05) is 7.11 Å². The van der Waals surface area contributed by atoms with Gasteiger partial charge in [-0.1, -0.05) is 43.4 Å². The summed E-state index contributed by atoms with van der Waals surface area (Å²) in [7, 11) is 1.42. The number of hydrogen-bond acceptors (Lipinski definition) is 7. The fourth-order valence-corrected chi connectivity index (χ4v) is 3.67. The fraction of sp³-hybridized carbons (Fsp3) is 0.312. The average Bonchev–Trinajstić information content (AvgIpc) is 2.81. The normalized spacial score (nSPS) is 17.4. The van der Waals surface area contributed by atoms with Gasteiger partial charge < -0.3 is 19.7 Å². The molecule has 1 fully saturated rings. The number of phenols is 1. The topological polar surface area (TPSA) is 89.9 Å². The van der Waals surface area contributed by atoms with Crippen LogP contribution in [-0.2, 0) is 9.59 Å². The molecule has 1 aromatic rings. The summed E-state index contributed by atoms with van der Waals surface area (Å²) in [6.45, 7) is 1.83. The molecule has 1 heterocycles. The number of ether oxygens (including phenoxy) is 1. The molecule has 0 radical (unpaired) electrons. The second-order valence-electron chi connectivity index (χ2n) is 5.11. The number of hydrogen-bond donors (Lipinski definition) is 1. The van der Waals surface area contributed by atoms with Crippen molar-refractivity contribution in [1.29, 1.82) is 0 Å². The molecule has 0 bridgehead atoms. The van der Waals surface area contributed by atoms with Crippen LogP contribution >= 0.6 is 24.0 Å². The van der Waals surface area contributed by atoms with Gasteiger partial charge in [-0.3, -0.25) is 9.69 Å². The molecule has 0 spiro atoms. The summed E-state index contributed by atoms with van der Waals surface area (Å²) < 4.78 is 5.22. The molecule has 0 aromatic heterocycles. The highest BCUT2D eigenvalue weighted by Gasteiger charge is 2.37. The zero-order valence-corrected chi connectivity index (χ0v) is 14.8. The number of aliphatic carboxylic acids is 1. The standard InChI is InChI=1S/C16H17NO5S2/c1-3-4-10(15(20)21)17-14(19)13(24-16(17)23)8-9-5-6-11(18)12(7-9)22-2/h5-8,10,18H,3-4H2,1-2H3,(H,20,21)/p-1/b13-8-/t10-/m0/s1. The lowest BCUT2D eigenvalue weighted by Gasteiger charge is -2.27. The SMILES string of the molecule is CCC[C@@H](C(=O)[O-])N1C(=O)/C(=C/c2ccc(O)c(OC)c2)SC1=S. The Bertz CT molecular complexity index is 716. The third-order valence-electron chi connectivity index (χ3n) is 3.47. The van der Waals surface area contributed by atoms with E-state index < -0.39 is 17.9 Å². The number of nitrogens with zero attached hydrogens (tertiary/aromatic N) is 1. The Morgan fingerprint density at radius 3 is 2.83 bits per heavy atom. The average molecular weight is 366 g/mol. The first-order valence-electron chi connectivity index (χ1n) is 7.24. The van der Waals surface area contributed by atoms with E-state index in [9.17, 15) is 19.8 Å². The van der Waals surface area contributed by atoms with Gasteiger partial charge in [-0.25, -0.2) is 0 Å². The zero-order chi connectivity index (χ0) is 17.9. The minimum absolute atomic E-state index is 0.0119. The van der Waals surface area contributed by atoms with Crippen LogP contribution in [0.1, 0.15) is 25.3 Å². The summed E-state index contributed by atoms with van der Waals surface area (Å²) in [6.07, 6.45) is 2.44. The van der Waals surface area contributed by atoms with Crippen LogP contribution in [0, 0.1) is 0 Å². The molecule has 1 aromatic carbocycles. The Balaban J connectivity index is 2.32. The monoisotopic (exact) mass is 366 g/mol. The Morgan fingerprint density at radius 2 is 2.25 bits per heavy atom. The lowest BCUT2D eigenvalue weighted by molar-refractivity contribution is -0.310. The van der Waals surface area contributed by atoms with E-state index >= 15 is 0 Å². The van der Waals surface area contributed by atoms with Crippen molar-refractivity contribution in [2.45, 2.75) is 25.8 Å². The van der Waals surface area contributed by atoms with Crippen LogP contribution < -0.4 is 9.84 Å². The second kappa shape index (κ2) is 7.67. The number of carboxylic acids is 1. The molecule has 1 N–H and O–H groups in total. The summed E-state index contributed by atoms with van der Waals surface area (Å²) in [6, 6.07) is 3.58. The smallest absolute Gasteiger partial charge is 0.266 e. The van der Waals surface area contributed by atoms with E-state index in [0.29, 0.717) is 16.9 Å². The van der Waals surface area contributed by atoms with Crippen molar-refractivity contribution in [1.82, 2.24) is 4.90 Å². The van der Waals surface area contributed by atoms with Gasteiger partial charge in [-0.05, 0) is 30.2 Å². The Hall–Kier alpha value is -2.06. The number of carbonyl (C=O) groups excluding carboxylic acids is 2. The van der Waals surface area contributed by atoms with Crippen LogP contribution in [0.15, 0.2) is 23.1 Å². The molecule has 6 nitrogen and oxygen atoms in total. The largest absolute Gasteiger partial charge is 0.548 e. The number of methoxy groups -OCH3 is 1. The van der Waals surface area contributed by atoms with Crippen molar-refractivity contribution >= 4 is 46.3 Å². The van der Waals surface area contributed by atoms with Crippen molar-refractivity contribution in [2.24, 2.45) is 0 Å². The van der Waals surface area contributed by atoms with Gasteiger partial charge in [0.05, 0.1) is 24.0 Å². The number of carbonyl (C=O) groups is 2. The Labute approximate surface area is 149 Å². The van der Waals surface area contributed by atoms with E-state index in [1.165, 1.54) is 13.2 Å². The Kier molecular flexibility index (Phi) is 5.84. The summed E-state index contributed by atoms with van der Waals surface area (Å²) >= 11 is 6.20. The minimum Gasteiger partial charge on any atom is -0.548 e. The van der Waals surface area contributed by atoms with Gasteiger partial charge >= 0.3 is 0 Å². The van der Waals surface area contributed by atoms with Crippen LogP contribution in [0.5, 0.6) is 11.5 Å². The van der Waals surface area contributed by atoms with Crippen LogP contribution in [-0.4, -0.2) is 39.4 Å². The molecule has 0 unspecified atom stereocenters. The first-order chi connectivity index (χ1) is 11.4. The van der Waals surface area contributed by atoms with Crippen molar-refractivity contribution in [3.63, 3.8) is 0 Å². The number of benzene rings is 1. The second-order valence-corrected chi connectivity index (χ2v) is 6.78. The molecular formula is C16H16NO5S2-. The number of thioether (sulfide) groups is 1. The van der Waals surface area contributed by atoms with E-state index in [1.807, 2.05) is 6.92 Å². The van der Waals surface area contributed by atoms with Gasteiger partial charge in [-0.2, -0.15) is 0 Å². The van der Waals surface area contributed by atoms with Gasteiger partial charge in [0.2, 0.25) is 0 Å². The number of aromatic hydroxyl groups is 1. The molecule has 8 heteroatoms. The third-order valence-corrected chi connectivity index (χ3v) is 4.80. The lowest BCUT2D eigenvalue weighted by atomic mass is 10.1. The molecule has 1 aliphatic heterocycles. The van der Waals surface area contributed by atoms with Gasteiger partial charge in [0.1, 0.15) is 4.32 Å². The highest BCUT2D eigenvalue weighted by atomic mass is 32.2. The van der Waals surface area contributed by atoms with Gasteiger partial charge in [-0.15, -0.1) is 0 Å². The highest BCUT2D eigenvalue weighted by molar-refractivity contribution is 8.26. The van der Waals surface area contributed by atoms with Crippen LogP contribution in [0.4, 0.5) is 0 Å². The summed E-state index contributed by atoms with van der Waals surface area (Å²) in [5.41, 5.74) is 0.630. The molecule has 1 aliphatic rings. The number of carboxylic acid groups (broad SMARTS) is 1. The lowest BCUT2D eigenvalue weighted by Crippen LogP contribution is -2.49. The van der Waals surface area contributed by atoms with Crippen LogP contribution in [0.3, 0.4) is 0 Å². The molecule has 128 valence electrons. The van der Waals surface area contributed by atoms with E-state index in [4.69, 9.17) is 17.0 Å². The van der Waals surface area contributed by atoms with E-state index in [-0.39, 0.29) is 22.2 Å². The van der Waals surface area contributed by atoms with E-state index in [1.54, 1.807) is 18.2 Å². The summed E-state index contributed by atoms with van der Waals surface area (Å²) in [5.74, 6) is -1.51. The van der Waals surface area contributed by atoms with Gasteiger partial charge in [0.25, 0.3) is 5.91 Å². The molecule has 0 aliphatic carbocycles. The first kappa shape index (κ1) is 18.3. The maximum absolute atomic E-state index is 12.5. The molecule has 1 saturated heterocycles. The quantitative estimate of drug-likeness (QED) is 0.603. The summed E-state index contributed by atoms with van der Waals surface area (Å²) in [4.78, 5) is 25.3. The minimum atomic E-state index is -1.32. The summed E-state index contributed by atoms with van der Waals surface area (Å²) in [5, 5.41) is 20.9. The molecule has 1 atom stereocenters. The fourth-order valence-electron chi connectivity index (χ4n) is 2.31. The zero-order valence-electron chi connectivity index (χ0n) is 13.1. The predicted molar refractivity (Wildman–Crippen MR) is 93.4 cm³/mol. The third kappa shape index (κ3) is 3.70. The highest BCUT2D eigenvalue weighted by Crippen LogP contribution is 2.36. The van der Waals surface area contributed by atoms with Crippen LogP contribution in [0.2, 0.25) is 0 Å². The molecule has 0 saturated carbocycles. The number of phenolic OH excluding ortho intramolecular Hbond substituents is 1. The maximum Gasteiger partial charge on any atom is 0.266 e. The number of thiocarbonyl (C=S) groups is 1. The van der Waals surface area contributed by atoms with E-state index in [0.717, 1.165) is 16.7 Å². The van der Waals surface area contributed by atoms with Gasteiger partial charge in [0.15, 0.2) is 11.5 Å². The number of amides is 1. The van der Waals surface area contributed by atoms with Crippen molar-refractivity contribution in [3.05, 3.63) is 28.7 Å². The molecule has 1 amide bonds. The Morgan fingerprint density at radius 1 is 1.54 bits per heavy atom. The molecule has 24 heavy (non-hydrogen) atoms. The predicted octanol–water partition coefficient (Wildman–Crippen LogP) is 1.52. The maximum atomic E-state index is 12.5. The molecular weight excluding hydrogens is 350 g/mol. The van der Waals surface area contributed by atoms with Crippen molar-refractivity contribution < 1.29 is 24.5 Å².